The molecule has 0 unspecified atom stereocenters. The monoisotopic (exact) mass is 233 g/mol. The lowest BCUT2D eigenvalue weighted by Gasteiger charge is -2.21. The van der Waals surface area contributed by atoms with Crippen LogP contribution in [0, 0.1) is 0 Å². The smallest absolute Gasteiger partial charge is 0.251 e. The third kappa shape index (κ3) is 4.04. The number of aliphatic hydroxyl groups is 1. The van der Waals surface area contributed by atoms with Gasteiger partial charge in [0.25, 0.3) is 5.91 Å². The van der Waals surface area contributed by atoms with Crippen molar-refractivity contribution in [2.45, 2.75) is 31.9 Å². The highest BCUT2D eigenvalue weighted by Gasteiger charge is 2.18. The Labute approximate surface area is 102 Å². The Hall–Kier alpha value is -1.61. The van der Waals surface area contributed by atoms with Crippen LogP contribution in [0.4, 0.5) is 0 Å². The first-order chi connectivity index (χ1) is 8.19. The van der Waals surface area contributed by atoms with Crippen LogP contribution in [0.2, 0.25) is 0 Å². The highest BCUT2D eigenvalue weighted by molar-refractivity contribution is 5.94. The van der Waals surface area contributed by atoms with E-state index in [2.05, 4.69) is 11.9 Å². The number of carbonyl (C=O) groups is 1. The fourth-order valence-corrected chi connectivity index (χ4v) is 1.64. The summed E-state index contributed by atoms with van der Waals surface area (Å²) in [5.74, 6) is -0.162. The molecule has 1 amide bonds. The molecule has 1 aromatic carbocycles. The van der Waals surface area contributed by atoms with Crippen LogP contribution in [0.5, 0.6) is 0 Å². The number of rotatable bonds is 6. The summed E-state index contributed by atoms with van der Waals surface area (Å²) in [6.07, 6.45) is 2.37. The molecule has 0 saturated carbocycles. The second-order valence-electron chi connectivity index (χ2n) is 3.96. The Morgan fingerprint density at radius 2 is 2.12 bits per heavy atom. The molecular weight excluding hydrogens is 214 g/mol. The normalized spacial score (nSPS) is 13.8. The van der Waals surface area contributed by atoms with Crippen molar-refractivity contribution < 1.29 is 9.90 Å². The van der Waals surface area contributed by atoms with Crippen LogP contribution < -0.4 is 5.32 Å². The summed E-state index contributed by atoms with van der Waals surface area (Å²) in [5.41, 5.74) is 0.602. The maximum Gasteiger partial charge on any atom is 0.251 e. The number of hydrogen-bond acceptors (Lipinski definition) is 2. The maximum atomic E-state index is 11.9. The van der Waals surface area contributed by atoms with E-state index in [1.165, 1.54) is 6.08 Å². The molecule has 2 atom stereocenters. The second-order valence-corrected chi connectivity index (χ2v) is 3.96. The molecule has 0 heterocycles. The van der Waals surface area contributed by atoms with Gasteiger partial charge in [0.05, 0.1) is 12.1 Å². The van der Waals surface area contributed by atoms with Gasteiger partial charge in [0.2, 0.25) is 0 Å². The van der Waals surface area contributed by atoms with Gasteiger partial charge in [0, 0.05) is 5.56 Å². The van der Waals surface area contributed by atoms with Crippen molar-refractivity contribution in [3.05, 3.63) is 48.6 Å². The molecule has 1 rings (SSSR count). The fraction of sp³-hybridized carbons (Fsp3) is 0.357. The molecule has 0 radical (unpaired) electrons. The first-order valence-corrected chi connectivity index (χ1v) is 5.85. The van der Waals surface area contributed by atoms with Crippen molar-refractivity contribution in [3.63, 3.8) is 0 Å². The zero-order chi connectivity index (χ0) is 12.7. The van der Waals surface area contributed by atoms with Gasteiger partial charge in [0.1, 0.15) is 0 Å². The zero-order valence-electron chi connectivity index (χ0n) is 10.1. The number of nitrogens with one attached hydrogen (secondary N) is 1. The van der Waals surface area contributed by atoms with Crippen LogP contribution in [0.15, 0.2) is 43.0 Å². The van der Waals surface area contributed by atoms with Gasteiger partial charge in [-0.1, -0.05) is 37.6 Å². The average Bonchev–Trinajstić information content (AvgIpc) is 2.38. The van der Waals surface area contributed by atoms with Crippen molar-refractivity contribution in [1.29, 1.82) is 0 Å². The van der Waals surface area contributed by atoms with Crippen LogP contribution in [-0.2, 0) is 0 Å². The minimum absolute atomic E-state index is 0.162. The van der Waals surface area contributed by atoms with Crippen molar-refractivity contribution in [2.24, 2.45) is 0 Å². The fourth-order valence-electron chi connectivity index (χ4n) is 1.64. The van der Waals surface area contributed by atoms with Gasteiger partial charge in [-0.25, -0.2) is 0 Å². The second kappa shape index (κ2) is 6.86. The van der Waals surface area contributed by atoms with E-state index in [1.807, 2.05) is 25.1 Å². The Kier molecular flexibility index (Phi) is 5.43. The molecule has 3 nitrogen and oxygen atoms in total. The Morgan fingerprint density at radius 3 is 2.65 bits per heavy atom. The standard InChI is InChI=1S/C14H19NO2/c1-3-8-12(13(16)4-2)15-14(17)11-9-6-5-7-10-11/h4-7,9-10,12-13,16H,2-3,8H2,1H3,(H,15,17)/t12-,13-/m1/s1. The molecule has 0 spiro atoms. The van der Waals surface area contributed by atoms with E-state index in [0.29, 0.717) is 5.56 Å². The Bertz CT molecular complexity index is 362. The molecule has 0 aliphatic rings. The molecule has 0 saturated heterocycles. The van der Waals surface area contributed by atoms with Gasteiger partial charge in [-0.3, -0.25) is 4.79 Å². The summed E-state index contributed by atoms with van der Waals surface area (Å²) in [5, 5.41) is 12.5. The minimum atomic E-state index is -0.706. The van der Waals surface area contributed by atoms with E-state index in [0.717, 1.165) is 12.8 Å². The first kappa shape index (κ1) is 13.5. The van der Waals surface area contributed by atoms with Crippen LogP contribution in [0.3, 0.4) is 0 Å². The quantitative estimate of drug-likeness (QED) is 0.739. The molecule has 17 heavy (non-hydrogen) atoms. The van der Waals surface area contributed by atoms with Gasteiger partial charge in [-0.05, 0) is 18.6 Å². The third-order valence-electron chi connectivity index (χ3n) is 2.61. The van der Waals surface area contributed by atoms with E-state index >= 15 is 0 Å². The van der Waals surface area contributed by atoms with Gasteiger partial charge in [0.15, 0.2) is 0 Å². The van der Waals surface area contributed by atoms with Gasteiger partial charge in [-0.2, -0.15) is 0 Å². The highest BCUT2D eigenvalue weighted by atomic mass is 16.3. The first-order valence-electron chi connectivity index (χ1n) is 5.85. The number of aliphatic hydroxyl groups excluding tert-OH is 1. The van der Waals surface area contributed by atoms with Crippen LogP contribution >= 0.6 is 0 Å². The van der Waals surface area contributed by atoms with Gasteiger partial charge >= 0.3 is 0 Å². The lowest BCUT2D eigenvalue weighted by molar-refractivity contribution is 0.0878. The van der Waals surface area contributed by atoms with Crippen LogP contribution in [-0.4, -0.2) is 23.2 Å². The molecule has 0 bridgehead atoms. The largest absolute Gasteiger partial charge is 0.387 e. The van der Waals surface area contributed by atoms with Crippen LogP contribution in [0.1, 0.15) is 30.1 Å². The summed E-state index contributed by atoms with van der Waals surface area (Å²) in [7, 11) is 0. The van der Waals surface area contributed by atoms with E-state index < -0.39 is 6.10 Å². The summed E-state index contributed by atoms with van der Waals surface area (Å²) in [4.78, 5) is 11.9. The molecular formula is C14H19NO2. The number of carbonyl (C=O) groups excluding carboxylic acids is 1. The third-order valence-corrected chi connectivity index (χ3v) is 2.61. The summed E-state index contributed by atoms with van der Waals surface area (Å²) >= 11 is 0. The molecule has 0 aliphatic heterocycles. The predicted octanol–water partition coefficient (Wildman–Crippen LogP) is 2.13. The van der Waals surface area contributed by atoms with E-state index in [9.17, 15) is 9.90 Å². The highest BCUT2D eigenvalue weighted by Crippen LogP contribution is 2.06. The van der Waals surface area contributed by atoms with Gasteiger partial charge in [-0.15, -0.1) is 6.58 Å². The van der Waals surface area contributed by atoms with E-state index in [1.54, 1.807) is 12.1 Å². The van der Waals surface area contributed by atoms with Crippen molar-refractivity contribution in [3.8, 4) is 0 Å². The number of amides is 1. The van der Waals surface area contributed by atoms with Crippen molar-refractivity contribution >= 4 is 5.91 Å². The maximum absolute atomic E-state index is 11.9. The van der Waals surface area contributed by atoms with E-state index in [4.69, 9.17) is 0 Å². The molecule has 92 valence electrons. The van der Waals surface area contributed by atoms with Crippen molar-refractivity contribution in [2.75, 3.05) is 0 Å². The molecule has 2 N–H and O–H groups in total. The number of benzene rings is 1. The lowest BCUT2D eigenvalue weighted by Crippen LogP contribution is -2.42. The van der Waals surface area contributed by atoms with Crippen LogP contribution in [0.25, 0.3) is 0 Å². The summed E-state index contributed by atoms with van der Waals surface area (Å²) < 4.78 is 0. The van der Waals surface area contributed by atoms with Crippen molar-refractivity contribution in [1.82, 2.24) is 5.32 Å². The Morgan fingerprint density at radius 1 is 1.47 bits per heavy atom. The van der Waals surface area contributed by atoms with E-state index in [-0.39, 0.29) is 11.9 Å². The topological polar surface area (TPSA) is 49.3 Å². The minimum Gasteiger partial charge on any atom is -0.387 e. The average molecular weight is 233 g/mol. The lowest BCUT2D eigenvalue weighted by atomic mass is 10.1. The number of hydrogen-bond donors (Lipinski definition) is 2. The summed E-state index contributed by atoms with van der Waals surface area (Å²) in [6, 6.07) is 8.71. The summed E-state index contributed by atoms with van der Waals surface area (Å²) in [6.45, 7) is 5.55. The molecule has 3 heteroatoms. The predicted molar refractivity (Wildman–Crippen MR) is 68.8 cm³/mol. The molecule has 0 fully saturated rings. The Balaban J connectivity index is 2.67. The molecule has 0 aromatic heterocycles. The zero-order valence-corrected chi connectivity index (χ0v) is 10.1. The van der Waals surface area contributed by atoms with Gasteiger partial charge < -0.3 is 10.4 Å². The molecule has 1 aromatic rings. The SMILES string of the molecule is C=C[C@@H](O)[C@@H](CCC)NC(=O)c1ccccc1. The molecule has 0 aliphatic carbocycles.